The van der Waals surface area contributed by atoms with Gasteiger partial charge in [-0.2, -0.15) is 4.98 Å². The number of hydrogen-bond donors (Lipinski definition) is 0. The lowest BCUT2D eigenvalue weighted by Crippen LogP contribution is -2.37. The van der Waals surface area contributed by atoms with Crippen molar-refractivity contribution in [2.24, 2.45) is 0 Å². The van der Waals surface area contributed by atoms with Gasteiger partial charge < -0.3 is 14.0 Å². The van der Waals surface area contributed by atoms with Crippen LogP contribution in [0.1, 0.15) is 64.1 Å². The minimum Gasteiger partial charge on any atom is -0.465 e. The van der Waals surface area contributed by atoms with Gasteiger partial charge in [-0.3, -0.25) is 4.79 Å². The summed E-state index contributed by atoms with van der Waals surface area (Å²) in [6, 6.07) is 0. The number of carbonyl (C=O) groups excluding carboxylic acids is 1. The summed E-state index contributed by atoms with van der Waals surface area (Å²) in [4.78, 5) is 16.8. The topological polar surface area (TPSA) is 74.5 Å². The molecule has 6 nitrogen and oxygen atoms in total. The van der Waals surface area contributed by atoms with Gasteiger partial charge in [0.25, 0.3) is 0 Å². The van der Waals surface area contributed by atoms with E-state index in [1.165, 1.54) is 0 Å². The Balaban J connectivity index is 2.24. The van der Waals surface area contributed by atoms with Crippen LogP contribution in [0.4, 0.5) is 0 Å². The molecular formula is C15H24N2O4. The van der Waals surface area contributed by atoms with Crippen LogP contribution in [0.25, 0.3) is 0 Å². The standard InChI is InChI=1S/C15H24N2O4/c1-4-15(5-2,14(18)20-6-3)13-16-12(17-21-13)11-8-7-9-19-10-11/h11H,4-10H2,1-3H3. The number of rotatable bonds is 6. The van der Waals surface area contributed by atoms with Gasteiger partial charge in [0.05, 0.1) is 13.2 Å². The first-order valence-electron chi connectivity index (χ1n) is 7.77. The van der Waals surface area contributed by atoms with Crippen LogP contribution in [-0.4, -0.2) is 35.9 Å². The summed E-state index contributed by atoms with van der Waals surface area (Å²) in [6.07, 6.45) is 3.14. The predicted octanol–water partition coefficient (Wildman–Crippen LogP) is 2.58. The second kappa shape index (κ2) is 7.02. The highest BCUT2D eigenvalue weighted by molar-refractivity contribution is 5.81. The summed E-state index contributed by atoms with van der Waals surface area (Å²) in [5, 5.41) is 4.07. The van der Waals surface area contributed by atoms with Crippen molar-refractivity contribution in [2.75, 3.05) is 19.8 Å². The van der Waals surface area contributed by atoms with E-state index in [4.69, 9.17) is 14.0 Å². The highest BCUT2D eigenvalue weighted by atomic mass is 16.5. The van der Waals surface area contributed by atoms with E-state index in [9.17, 15) is 4.79 Å². The molecule has 0 aliphatic carbocycles. The second-order valence-corrected chi connectivity index (χ2v) is 5.38. The fraction of sp³-hybridized carbons (Fsp3) is 0.800. The molecule has 0 saturated carbocycles. The number of aromatic nitrogens is 2. The SMILES string of the molecule is CCOC(=O)C(CC)(CC)c1nc(C2CCCOC2)no1. The molecule has 1 aliphatic heterocycles. The van der Waals surface area contributed by atoms with Crippen LogP contribution in [0.5, 0.6) is 0 Å². The van der Waals surface area contributed by atoms with Crippen LogP contribution in [0.3, 0.4) is 0 Å². The average Bonchev–Trinajstić information content (AvgIpc) is 3.01. The van der Waals surface area contributed by atoms with Crippen molar-refractivity contribution in [3.63, 3.8) is 0 Å². The largest absolute Gasteiger partial charge is 0.465 e. The first-order chi connectivity index (χ1) is 10.2. The Morgan fingerprint density at radius 2 is 2.14 bits per heavy atom. The Morgan fingerprint density at radius 1 is 1.38 bits per heavy atom. The second-order valence-electron chi connectivity index (χ2n) is 5.38. The molecular weight excluding hydrogens is 272 g/mol. The molecule has 1 saturated heterocycles. The molecule has 1 aromatic heterocycles. The fourth-order valence-corrected chi connectivity index (χ4v) is 2.74. The lowest BCUT2D eigenvalue weighted by molar-refractivity contribution is -0.151. The molecule has 0 N–H and O–H groups in total. The lowest BCUT2D eigenvalue weighted by Gasteiger charge is -2.24. The van der Waals surface area contributed by atoms with Crippen LogP contribution in [0.2, 0.25) is 0 Å². The normalized spacial score (nSPS) is 19.5. The molecule has 0 radical (unpaired) electrons. The molecule has 2 rings (SSSR count). The number of hydrogen-bond acceptors (Lipinski definition) is 6. The summed E-state index contributed by atoms with van der Waals surface area (Å²) in [6.45, 7) is 7.42. The van der Waals surface area contributed by atoms with Crippen LogP contribution < -0.4 is 0 Å². The van der Waals surface area contributed by atoms with Gasteiger partial charge in [0.1, 0.15) is 5.41 Å². The molecule has 118 valence electrons. The first-order valence-corrected chi connectivity index (χ1v) is 7.77. The maximum Gasteiger partial charge on any atom is 0.321 e. The van der Waals surface area contributed by atoms with Crippen molar-refractivity contribution in [3.8, 4) is 0 Å². The zero-order valence-electron chi connectivity index (χ0n) is 13.1. The maximum atomic E-state index is 12.3. The van der Waals surface area contributed by atoms with Crippen molar-refractivity contribution in [3.05, 3.63) is 11.7 Å². The van der Waals surface area contributed by atoms with Crippen molar-refractivity contribution < 1.29 is 18.8 Å². The van der Waals surface area contributed by atoms with Crippen LogP contribution in [0.15, 0.2) is 4.52 Å². The van der Waals surface area contributed by atoms with E-state index in [-0.39, 0.29) is 11.9 Å². The van der Waals surface area contributed by atoms with Gasteiger partial charge in [-0.25, -0.2) is 0 Å². The quantitative estimate of drug-likeness (QED) is 0.751. The van der Waals surface area contributed by atoms with Gasteiger partial charge >= 0.3 is 5.97 Å². The van der Waals surface area contributed by atoms with Gasteiger partial charge in [-0.15, -0.1) is 0 Å². The smallest absolute Gasteiger partial charge is 0.321 e. The van der Waals surface area contributed by atoms with Gasteiger partial charge in [0, 0.05) is 12.5 Å². The maximum absolute atomic E-state index is 12.3. The van der Waals surface area contributed by atoms with E-state index >= 15 is 0 Å². The fourth-order valence-electron chi connectivity index (χ4n) is 2.74. The van der Waals surface area contributed by atoms with E-state index in [0.29, 0.717) is 37.8 Å². The molecule has 1 aliphatic rings. The van der Waals surface area contributed by atoms with E-state index in [0.717, 1.165) is 19.4 Å². The monoisotopic (exact) mass is 296 g/mol. The summed E-state index contributed by atoms with van der Waals surface area (Å²) < 4.78 is 16.1. The van der Waals surface area contributed by atoms with Crippen LogP contribution >= 0.6 is 0 Å². The Hall–Kier alpha value is -1.43. The van der Waals surface area contributed by atoms with Crippen LogP contribution in [-0.2, 0) is 19.7 Å². The molecule has 1 aromatic rings. The number of carbonyl (C=O) groups is 1. The zero-order chi connectivity index (χ0) is 15.3. The molecule has 2 heterocycles. The summed E-state index contributed by atoms with van der Waals surface area (Å²) >= 11 is 0. The summed E-state index contributed by atoms with van der Waals surface area (Å²) in [5.74, 6) is 0.877. The molecule has 1 fully saturated rings. The van der Waals surface area contributed by atoms with Crippen molar-refractivity contribution in [2.45, 2.75) is 57.8 Å². The third kappa shape index (κ3) is 3.10. The van der Waals surface area contributed by atoms with E-state index in [2.05, 4.69) is 10.1 Å². The van der Waals surface area contributed by atoms with Gasteiger partial charge in [-0.05, 0) is 32.6 Å². The minimum absolute atomic E-state index is 0.157. The molecule has 0 amide bonds. The van der Waals surface area contributed by atoms with Gasteiger partial charge in [0.2, 0.25) is 5.89 Å². The number of ether oxygens (including phenoxy) is 2. The number of nitrogens with zero attached hydrogens (tertiary/aromatic N) is 2. The summed E-state index contributed by atoms with van der Waals surface area (Å²) in [5.41, 5.74) is -0.837. The Kier molecular flexibility index (Phi) is 5.33. The molecule has 1 unspecified atom stereocenters. The minimum atomic E-state index is -0.837. The highest BCUT2D eigenvalue weighted by Crippen LogP contribution is 2.33. The molecule has 0 bridgehead atoms. The Labute approximate surface area is 125 Å². The van der Waals surface area contributed by atoms with E-state index < -0.39 is 5.41 Å². The molecule has 6 heteroatoms. The summed E-state index contributed by atoms with van der Waals surface area (Å²) in [7, 11) is 0. The third-order valence-corrected chi connectivity index (χ3v) is 4.25. The van der Waals surface area contributed by atoms with E-state index in [1.807, 2.05) is 13.8 Å². The zero-order valence-corrected chi connectivity index (χ0v) is 13.1. The molecule has 21 heavy (non-hydrogen) atoms. The average molecular weight is 296 g/mol. The molecule has 0 aromatic carbocycles. The lowest BCUT2D eigenvalue weighted by atomic mass is 9.82. The number of esters is 1. The van der Waals surface area contributed by atoms with Crippen molar-refractivity contribution >= 4 is 5.97 Å². The third-order valence-electron chi connectivity index (χ3n) is 4.25. The molecule has 1 atom stereocenters. The highest BCUT2D eigenvalue weighted by Gasteiger charge is 2.44. The van der Waals surface area contributed by atoms with Gasteiger partial charge in [0.15, 0.2) is 5.82 Å². The first kappa shape index (κ1) is 15.9. The van der Waals surface area contributed by atoms with Crippen LogP contribution in [0, 0.1) is 0 Å². The molecule has 0 spiro atoms. The Bertz CT molecular complexity index is 462. The van der Waals surface area contributed by atoms with Crippen molar-refractivity contribution in [1.29, 1.82) is 0 Å². The van der Waals surface area contributed by atoms with E-state index in [1.54, 1.807) is 6.92 Å². The Morgan fingerprint density at radius 3 is 2.71 bits per heavy atom. The van der Waals surface area contributed by atoms with Gasteiger partial charge in [-0.1, -0.05) is 19.0 Å². The van der Waals surface area contributed by atoms with Crippen molar-refractivity contribution in [1.82, 2.24) is 10.1 Å². The predicted molar refractivity (Wildman–Crippen MR) is 76.0 cm³/mol.